The van der Waals surface area contributed by atoms with Gasteiger partial charge in [0.05, 0.1) is 11.1 Å². The fourth-order valence-corrected chi connectivity index (χ4v) is 3.08. The largest absolute Gasteiger partial charge is 0.288 e. The number of hydrogen-bond donors (Lipinski definition) is 1. The van der Waals surface area contributed by atoms with E-state index < -0.39 is 0 Å². The number of benzene rings is 2. The molecule has 0 unspecified atom stereocenters. The monoisotopic (exact) mass is 279 g/mol. The predicted octanol–water partition coefficient (Wildman–Crippen LogP) is 3.36. The van der Waals surface area contributed by atoms with E-state index in [1.54, 1.807) is 6.07 Å². The van der Waals surface area contributed by atoms with Crippen molar-refractivity contribution in [2.75, 3.05) is 0 Å². The Morgan fingerprint density at radius 3 is 2.19 bits per heavy atom. The first-order valence-corrected chi connectivity index (χ1v) is 7.27. The normalized spacial score (nSPS) is 13.2. The molecule has 1 aliphatic heterocycles. The quantitative estimate of drug-likeness (QED) is 0.876. The highest BCUT2D eigenvalue weighted by Crippen LogP contribution is 2.33. The summed E-state index contributed by atoms with van der Waals surface area (Å²) in [7, 11) is 0. The third kappa shape index (κ3) is 2.05. The first-order valence-electron chi connectivity index (χ1n) is 7.27. The number of carbonyl (C=O) groups is 2. The third-order valence-corrected chi connectivity index (χ3v) is 4.06. The number of carbonyl (C=O) groups excluding carboxylic acids is 2. The summed E-state index contributed by atoms with van der Waals surface area (Å²) in [5, 5.41) is 2.38. The molecule has 2 amide bonds. The molecule has 0 aliphatic carbocycles. The van der Waals surface area contributed by atoms with Crippen molar-refractivity contribution in [1.29, 1.82) is 0 Å². The van der Waals surface area contributed by atoms with Crippen molar-refractivity contribution in [3.8, 4) is 11.1 Å². The fourth-order valence-electron chi connectivity index (χ4n) is 3.08. The van der Waals surface area contributed by atoms with Crippen molar-refractivity contribution in [3.05, 3.63) is 58.7 Å². The van der Waals surface area contributed by atoms with Crippen LogP contribution in [0.4, 0.5) is 0 Å². The second-order valence-corrected chi connectivity index (χ2v) is 5.16. The Morgan fingerprint density at radius 2 is 1.48 bits per heavy atom. The average Bonchev–Trinajstić information content (AvgIpc) is 2.81. The van der Waals surface area contributed by atoms with Crippen LogP contribution in [0.1, 0.15) is 45.7 Å². The summed E-state index contributed by atoms with van der Waals surface area (Å²) in [5.41, 5.74) is 5.42. The molecule has 0 atom stereocenters. The second kappa shape index (κ2) is 5.17. The van der Waals surface area contributed by atoms with Gasteiger partial charge in [0, 0.05) is 0 Å². The molecule has 1 heterocycles. The van der Waals surface area contributed by atoms with Gasteiger partial charge in [-0.3, -0.25) is 14.9 Å². The van der Waals surface area contributed by atoms with Gasteiger partial charge in [0.25, 0.3) is 11.8 Å². The average molecular weight is 279 g/mol. The highest BCUT2D eigenvalue weighted by molar-refractivity contribution is 6.24. The van der Waals surface area contributed by atoms with Crippen molar-refractivity contribution < 1.29 is 9.59 Å². The van der Waals surface area contributed by atoms with E-state index in [-0.39, 0.29) is 11.8 Å². The molecule has 1 N–H and O–H groups in total. The van der Waals surface area contributed by atoms with Gasteiger partial charge in [0.15, 0.2) is 0 Å². The van der Waals surface area contributed by atoms with Gasteiger partial charge in [-0.15, -0.1) is 0 Å². The minimum Gasteiger partial charge on any atom is -0.288 e. The van der Waals surface area contributed by atoms with E-state index in [0.717, 1.165) is 24.0 Å². The molecule has 0 aromatic heterocycles. The maximum Gasteiger partial charge on any atom is 0.259 e. The number of amides is 2. The lowest BCUT2D eigenvalue weighted by Crippen LogP contribution is -2.20. The van der Waals surface area contributed by atoms with Crippen LogP contribution >= 0.6 is 0 Å². The zero-order valence-corrected chi connectivity index (χ0v) is 12.2. The van der Waals surface area contributed by atoms with Gasteiger partial charge in [0.2, 0.25) is 0 Å². The molecule has 3 rings (SSSR count). The highest BCUT2D eigenvalue weighted by Gasteiger charge is 2.30. The molecule has 106 valence electrons. The molecule has 0 radical (unpaired) electrons. The van der Waals surface area contributed by atoms with E-state index in [1.165, 1.54) is 11.1 Å². The molecule has 0 spiro atoms. The summed E-state index contributed by atoms with van der Waals surface area (Å²) < 4.78 is 0. The summed E-state index contributed by atoms with van der Waals surface area (Å²) in [6.45, 7) is 4.25. The number of aryl methyl sites for hydroxylation is 1. The van der Waals surface area contributed by atoms with Crippen molar-refractivity contribution in [2.24, 2.45) is 0 Å². The Labute approximate surface area is 124 Å². The summed E-state index contributed by atoms with van der Waals surface area (Å²) in [6, 6.07) is 11.6. The van der Waals surface area contributed by atoms with Crippen molar-refractivity contribution in [2.45, 2.75) is 26.7 Å². The number of hydrogen-bond acceptors (Lipinski definition) is 2. The SMILES string of the molecule is CCc1cccc(-c2cccc3c2C(=O)NC3=O)c1CC. The zero-order valence-electron chi connectivity index (χ0n) is 12.2. The van der Waals surface area contributed by atoms with Gasteiger partial charge in [0.1, 0.15) is 0 Å². The van der Waals surface area contributed by atoms with Crippen LogP contribution in [0.5, 0.6) is 0 Å². The number of fused-ring (bicyclic) bond motifs is 1. The Kier molecular flexibility index (Phi) is 3.34. The Morgan fingerprint density at radius 1 is 0.810 bits per heavy atom. The smallest absolute Gasteiger partial charge is 0.259 e. The lowest BCUT2D eigenvalue weighted by molar-refractivity contribution is 0.0880. The van der Waals surface area contributed by atoms with Crippen LogP contribution in [0.25, 0.3) is 11.1 Å². The summed E-state index contributed by atoms with van der Waals surface area (Å²) in [4.78, 5) is 23.9. The minimum absolute atomic E-state index is 0.297. The van der Waals surface area contributed by atoms with Crippen LogP contribution in [0, 0.1) is 0 Å². The summed E-state index contributed by atoms with van der Waals surface area (Å²) in [5.74, 6) is -0.601. The van der Waals surface area contributed by atoms with E-state index in [0.29, 0.717) is 11.1 Å². The minimum atomic E-state index is -0.304. The molecular weight excluding hydrogens is 262 g/mol. The van der Waals surface area contributed by atoms with E-state index in [9.17, 15) is 9.59 Å². The molecule has 3 heteroatoms. The molecule has 2 aromatic carbocycles. The molecule has 21 heavy (non-hydrogen) atoms. The van der Waals surface area contributed by atoms with Crippen molar-refractivity contribution >= 4 is 11.8 Å². The zero-order chi connectivity index (χ0) is 15.0. The second-order valence-electron chi connectivity index (χ2n) is 5.16. The number of rotatable bonds is 3. The van der Waals surface area contributed by atoms with Crippen molar-refractivity contribution in [3.63, 3.8) is 0 Å². The standard InChI is InChI=1S/C18H17NO2/c1-3-11-7-5-8-13(12(11)4-2)14-9-6-10-15-16(14)18(21)19-17(15)20/h5-10H,3-4H2,1-2H3,(H,19,20,21). The van der Waals surface area contributed by atoms with Gasteiger partial charge in [-0.05, 0) is 41.2 Å². The summed E-state index contributed by atoms with van der Waals surface area (Å²) >= 11 is 0. The molecular formula is C18H17NO2. The first-order chi connectivity index (χ1) is 10.2. The molecule has 1 aliphatic rings. The third-order valence-electron chi connectivity index (χ3n) is 4.06. The van der Waals surface area contributed by atoms with Gasteiger partial charge in [-0.1, -0.05) is 44.2 Å². The number of imide groups is 1. The molecule has 0 bridgehead atoms. The Balaban J connectivity index is 2.29. The number of nitrogens with one attached hydrogen (secondary N) is 1. The Hall–Kier alpha value is -2.42. The van der Waals surface area contributed by atoms with Gasteiger partial charge < -0.3 is 0 Å². The van der Waals surface area contributed by atoms with Gasteiger partial charge >= 0.3 is 0 Å². The predicted molar refractivity (Wildman–Crippen MR) is 82.4 cm³/mol. The van der Waals surface area contributed by atoms with Crippen LogP contribution in [0.3, 0.4) is 0 Å². The van der Waals surface area contributed by atoms with E-state index in [2.05, 4.69) is 25.2 Å². The first kappa shape index (κ1) is 13.6. The molecule has 0 saturated carbocycles. The van der Waals surface area contributed by atoms with E-state index in [1.807, 2.05) is 24.3 Å². The van der Waals surface area contributed by atoms with Crippen LogP contribution in [-0.2, 0) is 12.8 Å². The fraction of sp³-hybridized carbons (Fsp3) is 0.222. The molecule has 0 saturated heterocycles. The van der Waals surface area contributed by atoms with E-state index in [4.69, 9.17) is 0 Å². The lowest BCUT2D eigenvalue weighted by atomic mass is 9.89. The van der Waals surface area contributed by atoms with Crippen LogP contribution in [-0.4, -0.2) is 11.8 Å². The maximum absolute atomic E-state index is 12.1. The lowest BCUT2D eigenvalue weighted by Gasteiger charge is -2.14. The van der Waals surface area contributed by atoms with E-state index >= 15 is 0 Å². The topological polar surface area (TPSA) is 46.2 Å². The van der Waals surface area contributed by atoms with Crippen LogP contribution in [0.15, 0.2) is 36.4 Å². The molecule has 2 aromatic rings. The van der Waals surface area contributed by atoms with Gasteiger partial charge in [-0.2, -0.15) is 0 Å². The van der Waals surface area contributed by atoms with Crippen LogP contribution < -0.4 is 5.32 Å². The Bertz CT molecular complexity index is 747. The van der Waals surface area contributed by atoms with Gasteiger partial charge in [-0.25, -0.2) is 0 Å². The summed E-state index contributed by atoms with van der Waals surface area (Å²) in [6.07, 6.45) is 1.86. The highest BCUT2D eigenvalue weighted by atomic mass is 16.2. The molecule has 0 fully saturated rings. The molecule has 3 nitrogen and oxygen atoms in total. The van der Waals surface area contributed by atoms with Crippen LogP contribution in [0.2, 0.25) is 0 Å². The maximum atomic E-state index is 12.1. The van der Waals surface area contributed by atoms with Crippen molar-refractivity contribution in [1.82, 2.24) is 5.32 Å².